The molecule has 4 nitrogen and oxygen atoms in total. The van der Waals surface area contributed by atoms with Crippen molar-refractivity contribution in [2.45, 2.75) is 25.4 Å². The van der Waals surface area contributed by atoms with Crippen molar-refractivity contribution >= 4 is 18.3 Å². The highest BCUT2D eigenvalue weighted by molar-refractivity contribution is 5.85. The van der Waals surface area contributed by atoms with Crippen LogP contribution < -0.4 is 5.32 Å². The highest BCUT2D eigenvalue weighted by Gasteiger charge is 2.21. The first-order valence-corrected chi connectivity index (χ1v) is 7.47. The maximum atomic E-state index is 13.6. The van der Waals surface area contributed by atoms with E-state index in [0.29, 0.717) is 24.7 Å². The zero-order chi connectivity index (χ0) is 15.2. The first-order chi connectivity index (χ1) is 10.1. The van der Waals surface area contributed by atoms with Gasteiger partial charge in [-0.3, -0.25) is 9.69 Å². The number of carbonyl (C=O) groups excluding carboxylic acids is 1. The summed E-state index contributed by atoms with van der Waals surface area (Å²) in [6.45, 7) is 2.61. The third-order valence-corrected chi connectivity index (χ3v) is 4.15. The fourth-order valence-electron chi connectivity index (χ4n) is 2.66. The minimum Gasteiger partial charge on any atom is -0.340 e. The van der Waals surface area contributed by atoms with Crippen LogP contribution in [-0.4, -0.2) is 55.5 Å². The van der Waals surface area contributed by atoms with Crippen molar-refractivity contribution < 1.29 is 9.18 Å². The van der Waals surface area contributed by atoms with Crippen molar-refractivity contribution in [3.05, 3.63) is 35.6 Å². The minimum atomic E-state index is -0.257. The van der Waals surface area contributed by atoms with Gasteiger partial charge in [-0.05, 0) is 26.0 Å². The summed E-state index contributed by atoms with van der Waals surface area (Å²) in [6.07, 6.45) is 2.14. The van der Waals surface area contributed by atoms with Gasteiger partial charge in [0, 0.05) is 38.3 Å². The van der Waals surface area contributed by atoms with Crippen molar-refractivity contribution in [1.29, 1.82) is 0 Å². The normalized spacial score (nSPS) is 16.1. The predicted molar refractivity (Wildman–Crippen MR) is 88.6 cm³/mol. The van der Waals surface area contributed by atoms with Crippen LogP contribution in [0.1, 0.15) is 18.4 Å². The molecule has 0 saturated carbocycles. The van der Waals surface area contributed by atoms with E-state index in [4.69, 9.17) is 0 Å². The number of likely N-dealkylation sites (N-methyl/N-ethyl adjacent to an activating group) is 1. The number of piperidine rings is 1. The lowest BCUT2D eigenvalue weighted by molar-refractivity contribution is -0.132. The van der Waals surface area contributed by atoms with Crippen LogP contribution in [0.4, 0.5) is 4.39 Å². The number of likely N-dealkylation sites (tertiary alicyclic amines) is 1. The summed E-state index contributed by atoms with van der Waals surface area (Å²) in [6, 6.07) is 7.16. The number of benzene rings is 1. The van der Waals surface area contributed by atoms with Gasteiger partial charge < -0.3 is 10.2 Å². The summed E-state index contributed by atoms with van der Waals surface area (Å²) in [7, 11) is 3.71. The molecule has 22 heavy (non-hydrogen) atoms. The molecular weight excluding hydrogens is 305 g/mol. The molecule has 0 atom stereocenters. The van der Waals surface area contributed by atoms with Crippen LogP contribution in [0, 0.1) is 5.82 Å². The van der Waals surface area contributed by atoms with Gasteiger partial charge in [0.25, 0.3) is 0 Å². The first kappa shape index (κ1) is 18.9. The van der Waals surface area contributed by atoms with Gasteiger partial charge in [-0.1, -0.05) is 18.2 Å². The third-order valence-electron chi connectivity index (χ3n) is 4.15. The summed E-state index contributed by atoms with van der Waals surface area (Å²) in [5.74, 6) is -0.215. The quantitative estimate of drug-likeness (QED) is 0.896. The van der Waals surface area contributed by atoms with E-state index >= 15 is 0 Å². The number of nitrogens with zero attached hydrogens (tertiary/aromatic N) is 2. The molecule has 124 valence electrons. The number of hydrogen-bond donors (Lipinski definition) is 1. The predicted octanol–water partition coefficient (Wildman–Crippen LogP) is 1.89. The van der Waals surface area contributed by atoms with Gasteiger partial charge in [0.1, 0.15) is 5.82 Å². The van der Waals surface area contributed by atoms with E-state index < -0.39 is 0 Å². The zero-order valence-corrected chi connectivity index (χ0v) is 14.0. The first-order valence-electron chi connectivity index (χ1n) is 7.47. The lowest BCUT2D eigenvalue weighted by atomic mass is 10.1. The summed E-state index contributed by atoms with van der Waals surface area (Å²) in [5.41, 5.74) is 0.558. The highest BCUT2D eigenvalue weighted by Crippen LogP contribution is 2.12. The molecule has 1 fully saturated rings. The van der Waals surface area contributed by atoms with E-state index in [1.165, 1.54) is 6.07 Å². The van der Waals surface area contributed by atoms with Gasteiger partial charge in [-0.15, -0.1) is 12.4 Å². The number of hydrogen-bond acceptors (Lipinski definition) is 3. The van der Waals surface area contributed by atoms with Crippen molar-refractivity contribution in [2.75, 3.05) is 33.7 Å². The van der Waals surface area contributed by atoms with Crippen LogP contribution in [0.5, 0.6) is 0 Å². The Morgan fingerprint density at radius 1 is 1.36 bits per heavy atom. The molecule has 0 bridgehead atoms. The lowest BCUT2D eigenvalue weighted by Gasteiger charge is -2.32. The number of halogens is 2. The van der Waals surface area contributed by atoms with Gasteiger partial charge >= 0.3 is 0 Å². The molecule has 1 N–H and O–H groups in total. The molecule has 6 heteroatoms. The van der Waals surface area contributed by atoms with Crippen LogP contribution in [-0.2, 0) is 11.3 Å². The topological polar surface area (TPSA) is 35.6 Å². The summed E-state index contributed by atoms with van der Waals surface area (Å²) < 4.78 is 13.6. The average Bonchev–Trinajstić information content (AvgIpc) is 2.50. The molecule has 0 unspecified atom stereocenters. The fourth-order valence-corrected chi connectivity index (χ4v) is 2.66. The second-order valence-electron chi connectivity index (χ2n) is 5.68. The molecule has 1 aliphatic rings. The van der Waals surface area contributed by atoms with Gasteiger partial charge in [0.2, 0.25) is 5.91 Å². The smallest absolute Gasteiger partial charge is 0.236 e. The van der Waals surface area contributed by atoms with Gasteiger partial charge in [0.15, 0.2) is 0 Å². The Balaban J connectivity index is 0.00000242. The molecule has 0 radical (unpaired) electrons. The van der Waals surface area contributed by atoms with E-state index in [1.54, 1.807) is 30.1 Å². The maximum Gasteiger partial charge on any atom is 0.236 e. The summed E-state index contributed by atoms with van der Waals surface area (Å²) in [4.78, 5) is 16.0. The van der Waals surface area contributed by atoms with E-state index in [9.17, 15) is 9.18 Å². The number of nitrogens with one attached hydrogen (secondary N) is 1. The second-order valence-corrected chi connectivity index (χ2v) is 5.68. The Kier molecular flexibility index (Phi) is 7.79. The molecule has 1 amide bonds. The van der Waals surface area contributed by atoms with Crippen LogP contribution in [0.3, 0.4) is 0 Å². The molecule has 0 spiro atoms. The molecule has 1 saturated heterocycles. The molecule has 0 aromatic heterocycles. The van der Waals surface area contributed by atoms with Crippen LogP contribution in [0.15, 0.2) is 24.3 Å². The molecule has 1 aromatic rings. The Labute approximate surface area is 138 Å². The van der Waals surface area contributed by atoms with Crippen LogP contribution in [0.25, 0.3) is 0 Å². The van der Waals surface area contributed by atoms with E-state index in [0.717, 1.165) is 25.9 Å². The highest BCUT2D eigenvalue weighted by atomic mass is 35.5. The SMILES string of the molecule is CNC1CCN(CC(=O)N(C)Cc2ccccc2F)CC1.Cl. The monoisotopic (exact) mass is 329 g/mol. The molecule has 2 rings (SSSR count). The molecular formula is C16H25ClFN3O. The maximum absolute atomic E-state index is 13.6. The molecule has 1 aliphatic heterocycles. The van der Waals surface area contributed by atoms with Gasteiger partial charge in [-0.25, -0.2) is 4.39 Å². The zero-order valence-electron chi connectivity index (χ0n) is 13.2. The van der Waals surface area contributed by atoms with Gasteiger partial charge in [-0.2, -0.15) is 0 Å². The Morgan fingerprint density at radius 2 is 2.00 bits per heavy atom. The molecule has 0 aliphatic carbocycles. The van der Waals surface area contributed by atoms with Crippen LogP contribution >= 0.6 is 12.4 Å². The summed E-state index contributed by atoms with van der Waals surface area (Å²) in [5, 5.41) is 3.28. The van der Waals surface area contributed by atoms with Crippen LogP contribution in [0.2, 0.25) is 0 Å². The average molecular weight is 330 g/mol. The van der Waals surface area contributed by atoms with Crippen molar-refractivity contribution in [2.24, 2.45) is 0 Å². The van der Waals surface area contributed by atoms with E-state index in [-0.39, 0.29) is 24.1 Å². The van der Waals surface area contributed by atoms with Crippen molar-refractivity contribution in [3.8, 4) is 0 Å². The standard InChI is InChI=1S/C16H24FN3O.ClH/c1-18-14-7-9-20(10-8-14)12-16(21)19(2)11-13-5-3-4-6-15(13)17;/h3-6,14,18H,7-12H2,1-2H3;1H. The minimum absolute atomic E-state index is 0. The van der Waals surface area contributed by atoms with Crippen molar-refractivity contribution in [3.63, 3.8) is 0 Å². The van der Waals surface area contributed by atoms with E-state index in [2.05, 4.69) is 10.2 Å². The molecule has 1 heterocycles. The van der Waals surface area contributed by atoms with E-state index in [1.807, 2.05) is 7.05 Å². The van der Waals surface area contributed by atoms with Gasteiger partial charge in [0.05, 0.1) is 6.54 Å². The lowest BCUT2D eigenvalue weighted by Crippen LogP contribution is -2.45. The third kappa shape index (κ3) is 5.23. The number of carbonyl (C=O) groups is 1. The Bertz CT molecular complexity index is 478. The van der Waals surface area contributed by atoms with Crippen molar-refractivity contribution in [1.82, 2.24) is 15.1 Å². The Morgan fingerprint density at radius 3 is 2.59 bits per heavy atom. The largest absolute Gasteiger partial charge is 0.340 e. The molecule has 1 aromatic carbocycles. The number of amides is 1. The number of rotatable bonds is 5. The Hall–Kier alpha value is -1.17. The summed E-state index contributed by atoms with van der Waals surface area (Å²) >= 11 is 0. The fraction of sp³-hybridized carbons (Fsp3) is 0.562. The second kappa shape index (κ2) is 9.08.